The number of thiophene rings is 1. The minimum atomic E-state index is -0.995. The van der Waals surface area contributed by atoms with Gasteiger partial charge in [-0.05, 0) is 12.5 Å². The molecule has 4 nitrogen and oxygen atoms in total. The van der Waals surface area contributed by atoms with Crippen LogP contribution in [0.4, 0.5) is 0 Å². The monoisotopic (exact) mass is 263 g/mol. The van der Waals surface area contributed by atoms with E-state index in [0.717, 1.165) is 8.42 Å². The molecular formula is C8H9NO3S3. The van der Waals surface area contributed by atoms with Crippen LogP contribution >= 0.6 is 34.9 Å². The first-order valence-corrected chi connectivity index (χ1v) is 7.07. The third kappa shape index (κ3) is 2.47. The van der Waals surface area contributed by atoms with Gasteiger partial charge in [0.25, 0.3) is 0 Å². The topological polar surface area (TPSA) is 69.9 Å². The van der Waals surface area contributed by atoms with Gasteiger partial charge in [-0.15, -0.1) is 34.9 Å². The van der Waals surface area contributed by atoms with Gasteiger partial charge in [0, 0.05) is 5.56 Å². The fourth-order valence-electron chi connectivity index (χ4n) is 1.08. The van der Waals surface area contributed by atoms with E-state index >= 15 is 0 Å². The largest absolute Gasteiger partial charge is 0.478 e. The summed E-state index contributed by atoms with van der Waals surface area (Å²) in [5, 5.41) is 20.4. The zero-order chi connectivity index (χ0) is 11.4. The smallest absolute Gasteiger partial charge is 0.338 e. The van der Waals surface area contributed by atoms with Crippen LogP contribution in [0.15, 0.2) is 13.6 Å². The minimum absolute atomic E-state index is 0.217. The van der Waals surface area contributed by atoms with E-state index in [4.69, 9.17) is 10.3 Å². The SMILES string of the molecule is CSc1sc(SC)c(C(=O)O)c1/C=N/O. The Morgan fingerprint density at radius 1 is 1.40 bits per heavy atom. The van der Waals surface area contributed by atoms with Gasteiger partial charge in [0.15, 0.2) is 0 Å². The molecular weight excluding hydrogens is 254 g/mol. The molecule has 0 unspecified atom stereocenters. The van der Waals surface area contributed by atoms with Crippen molar-refractivity contribution in [3.05, 3.63) is 11.1 Å². The van der Waals surface area contributed by atoms with Crippen LogP contribution in [0.25, 0.3) is 0 Å². The van der Waals surface area contributed by atoms with Crippen LogP contribution in [-0.4, -0.2) is 35.0 Å². The second-order valence-corrected chi connectivity index (χ2v) is 5.59. The van der Waals surface area contributed by atoms with Gasteiger partial charge in [0.1, 0.15) is 0 Å². The quantitative estimate of drug-likeness (QED) is 0.378. The molecule has 0 aliphatic carbocycles. The molecule has 0 amide bonds. The van der Waals surface area contributed by atoms with Crippen LogP contribution < -0.4 is 0 Å². The Kier molecular flexibility index (Phi) is 4.49. The molecule has 2 N–H and O–H groups in total. The van der Waals surface area contributed by atoms with Crippen molar-refractivity contribution >= 4 is 47.0 Å². The molecule has 0 saturated heterocycles. The van der Waals surface area contributed by atoms with E-state index in [9.17, 15) is 4.79 Å². The second kappa shape index (κ2) is 5.43. The number of hydrogen-bond donors (Lipinski definition) is 2. The lowest BCUT2D eigenvalue weighted by Gasteiger charge is -1.96. The Bertz CT molecular complexity index is 400. The van der Waals surface area contributed by atoms with E-state index in [-0.39, 0.29) is 5.56 Å². The van der Waals surface area contributed by atoms with Crippen LogP contribution in [0, 0.1) is 0 Å². The van der Waals surface area contributed by atoms with Gasteiger partial charge in [-0.25, -0.2) is 4.79 Å². The maximum atomic E-state index is 11.0. The van der Waals surface area contributed by atoms with Crippen molar-refractivity contribution in [3.8, 4) is 0 Å². The van der Waals surface area contributed by atoms with Crippen molar-refractivity contribution in [2.24, 2.45) is 5.16 Å². The molecule has 0 fully saturated rings. The first-order valence-electron chi connectivity index (χ1n) is 3.81. The lowest BCUT2D eigenvalue weighted by molar-refractivity contribution is 0.0694. The number of carboxylic acids is 1. The van der Waals surface area contributed by atoms with Gasteiger partial charge in [0.2, 0.25) is 0 Å². The predicted octanol–water partition coefficient (Wildman–Crippen LogP) is 2.70. The van der Waals surface area contributed by atoms with Crippen LogP contribution in [-0.2, 0) is 0 Å². The molecule has 0 atom stereocenters. The Labute approximate surface area is 99.4 Å². The van der Waals surface area contributed by atoms with Crippen LogP contribution in [0.3, 0.4) is 0 Å². The molecule has 82 valence electrons. The summed E-state index contributed by atoms with van der Waals surface area (Å²) >= 11 is 4.22. The van der Waals surface area contributed by atoms with Crippen molar-refractivity contribution in [3.63, 3.8) is 0 Å². The predicted molar refractivity (Wildman–Crippen MR) is 64.2 cm³/mol. The second-order valence-electron chi connectivity index (χ2n) is 2.42. The first kappa shape index (κ1) is 12.4. The van der Waals surface area contributed by atoms with E-state index in [2.05, 4.69) is 5.16 Å². The van der Waals surface area contributed by atoms with Crippen LogP contribution in [0.1, 0.15) is 15.9 Å². The number of thioether (sulfide) groups is 2. The fourth-order valence-corrected chi connectivity index (χ4v) is 3.91. The molecule has 1 aromatic heterocycles. The molecule has 0 saturated carbocycles. The van der Waals surface area contributed by atoms with Crippen molar-refractivity contribution in [1.29, 1.82) is 0 Å². The molecule has 1 rings (SSSR count). The zero-order valence-electron chi connectivity index (χ0n) is 8.05. The molecule has 15 heavy (non-hydrogen) atoms. The number of carbonyl (C=O) groups is 1. The maximum Gasteiger partial charge on any atom is 0.338 e. The summed E-state index contributed by atoms with van der Waals surface area (Å²) in [4.78, 5) is 11.0. The van der Waals surface area contributed by atoms with Crippen LogP contribution in [0.5, 0.6) is 0 Å². The van der Waals surface area contributed by atoms with Gasteiger partial charge < -0.3 is 10.3 Å². The van der Waals surface area contributed by atoms with E-state index in [0.29, 0.717) is 5.56 Å². The highest BCUT2D eigenvalue weighted by molar-refractivity contribution is 8.02. The summed E-state index contributed by atoms with van der Waals surface area (Å²) in [5.74, 6) is -0.995. The van der Waals surface area contributed by atoms with Crippen molar-refractivity contribution in [2.45, 2.75) is 8.42 Å². The number of hydrogen-bond acceptors (Lipinski definition) is 6. The van der Waals surface area contributed by atoms with Gasteiger partial charge in [0.05, 0.1) is 20.2 Å². The molecule has 0 radical (unpaired) electrons. The van der Waals surface area contributed by atoms with Crippen molar-refractivity contribution in [2.75, 3.05) is 12.5 Å². The van der Waals surface area contributed by atoms with E-state index in [1.807, 2.05) is 12.5 Å². The molecule has 0 spiro atoms. The Morgan fingerprint density at radius 2 is 2.00 bits per heavy atom. The first-order chi connectivity index (χ1) is 7.15. The molecule has 1 aromatic rings. The normalized spacial score (nSPS) is 11.1. The van der Waals surface area contributed by atoms with Gasteiger partial charge in [-0.1, -0.05) is 5.16 Å². The summed E-state index contributed by atoms with van der Waals surface area (Å²) < 4.78 is 1.57. The standard InChI is InChI=1S/C8H9NO3S3/c1-13-7-4(3-9-12)5(6(10)11)8(14-2)15-7/h3,12H,1-2H3,(H,10,11)/b9-3+. The van der Waals surface area contributed by atoms with E-state index in [1.165, 1.54) is 41.1 Å². The van der Waals surface area contributed by atoms with Crippen molar-refractivity contribution < 1.29 is 15.1 Å². The highest BCUT2D eigenvalue weighted by atomic mass is 32.2. The molecule has 1 heterocycles. The number of carboxylic acid groups (broad SMARTS) is 1. The average molecular weight is 263 g/mol. The fraction of sp³-hybridized carbons (Fsp3) is 0.250. The van der Waals surface area contributed by atoms with Crippen LogP contribution in [0.2, 0.25) is 0 Å². The average Bonchev–Trinajstić information content (AvgIpc) is 2.56. The van der Waals surface area contributed by atoms with Crippen molar-refractivity contribution in [1.82, 2.24) is 0 Å². The third-order valence-corrected chi connectivity index (χ3v) is 5.11. The number of oxime groups is 1. The molecule has 0 bridgehead atoms. The van der Waals surface area contributed by atoms with E-state index < -0.39 is 5.97 Å². The van der Waals surface area contributed by atoms with Gasteiger partial charge >= 0.3 is 5.97 Å². The summed E-state index contributed by atoms with van der Waals surface area (Å²) in [6.07, 6.45) is 4.85. The molecule has 0 aliphatic rings. The Balaban J connectivity index is 3.41. The number of aromatic carboxylic acids is 1. The van der Waals surface area contributed by atoms with Gasteiger partial charge in [-0.2, -0.15) is 0 Å². The summed E-state index contributed by atoms with van der Waals surface area (Å²) in [5.41, 5.74) is 0.696. The maximum absolute atomic E-state index is 11.0. The van der Waals surface area contributed by atoms with Gasteiger partial charge in [-0.3, -0.25) is 0 Å². The summed E-state index contributed by atoms with van der Waals surface area (Å²) in [6.45, 7) is 0. The highest BCUT2D eigenvalue weighted by Gasteiger charge is 2.21. The molecule has 0 aromatic carbocycles. The van der Waals surface area contributed by atoms with E-state index in [1.54, 1.807) is 0 Å². The summed E-state index contributed by atoms with van der Waals surface area (Å²) in [6, 6.07) is 0. The zero-order valence-corrected chi connectivity index (χ0v) is 10.5. The minimum Gasteiger partial charge on any atom is -0.478 e. The Morgan fingerprint density at radius 3 is 2.40 bits per heavy atom. The molecule has 7 heteroatoms. The lowest BCUT2D eigenvalue weighted by Crippen LogP contribution is -2.00. The Hall–Kier alpha value is -0.660. The molecule has 0 aliphatic heterocycles. The number of nitrogens with zero attached hydrogens (tertiary/aromatic N) is 1. The summed E-state index contributed by atoms with van der Waals surface area (Å²) in [7, 11) is 0. The highest BCUT2D eigenvalue weighted by Crippen LogP contribution is 2.39. The lowest BCUT2D eigenvalue weighted by atomic mass is 10.2. The number of rotatable bonds is 4. The third-order valence-electron chi connectivity index (χ3n) is 1.65.